The Labute approximate surface area is 175 Å². The molecule has 0 bridgehead atoms. The first-order chi connectivity index (χ1) is 14.7. The van der Waals surface area contributed by atoms with Crippen molar-refractivity contribution in [2.45, 2.75) is 57.0 Å². The van der Waals surface area contributed by atoms with E-state index < -0.39 is 41.8 Å². The summed E-state index contributed by atoms with van der Waals surface area (Å²) in [5, 5.41) is 18.5. The molecule has 4 rings (SSSR count). The summed E-state index contributed by atoms with van der Waals surface area (Å²) in [5.74, 6) is -2.91. The molecule has 4 heterocycles. The van der Waals surface area contributed by atoms with E-state index in [9.17, 15) is 27.6 Å². The Bertz CT molecular complexity index is 954. The van der Waals surface area contributed by atoms with Gasteiger partial charge in [-0.1, -0.05) is 0 Å². The van der Waals surface area contributed by atoms with E-state index in [1.165, 1.54) is 9.80 Å². The number of fused-ring (bicyclic) bond motifs is 1. The van der Waals surface area contributed by atoms with E-state index in [2.05, 4.69) is 21.6 Å². The van der Waals surface area contributed by atoms with Crippen molar-refractivity contribution in [3.8, 4) is 6.07 Å². The van der Waals surface area contributed by atoms with Gasteiger partial charge in [0.15, 0.2) is 5.82 Å². The summed E-state index contributed by atoms with van der Waals surface area (Å²) < 4.78 is 39.8. The lowest BCUT2D eigenvalue weighted by atomic mass is 9.99. The van der Waals surface area contributed by atoms with E-state index in [0.29, 0.717) is 13.0 Å². The van der Waals surface area contributed by atoms with Gasteiger partial charge in [-0.2, -0.15) is 18.4 Å². The topological polar surface area (TPSA) is 124 Å². The van der Waals surface area contributed by atoms with Crippen LogP contribution in [0.5, 0.6) is 0 Å². The standard InChI is InChI=1S/C18H20F3N7O3/c19-18(20,21)17-25-24-13-9-26(4-5-28(13)17)14(29)7-10-6-12(23-15(10)30)16(31)27-3-1-2-11(27)8-22/h10-12H,1-7,9H2,(H,23,30)/t10-,11-,12-/m0/s1. The van der Waals surface area contributed by atoms with Crippen LogP contribution in [-0.2, 0) is 33.6 Å². The van der Waals surface area contributed by atoms with Crippen molar-refractivity contribution in [3.05, 3.63) is 11.6 Å². The van der Waals surface area contributed by atoms with Crippen LogP contribution in [-0.4, -0.2) is 67.5 Å². The van der Waals surface area contributed by atoms with Crippen LogP contribution >= 0.6 is 0 Å². The molecule has 0 aliphatic carbocycles. The molecule has 3 atom stereocenters. The van der Waals surface area contributed by atoms with Crippen LogP contribution in [0, 0.1) is 17.2 Å². The number of nitrogens with one attached hydrogen (secondary N) is 1. The zero-order chi connectivity index (χ0) is 22.3. The third-order valence-corrected chi connectivity index (χ3v) is 5.97. The van der Waals surface area contributed by atoms with Crippen molar-refractivity contribution in [2.24, 2.45) is 5.92 Å². The number of nitrogens with zero attached hydrogens (tertiary/aromatic N) is 6. The maximum atomic E-state index is 12.9. The minimum atomic E-state index is -4.62. The zero-order valence-corrected chi connectivity index (χ0v) is 16.4. The average molecular weight is 439 g/mol. The van der Waals surface area contributed by atoms with Gasteiger partial charge in [-0.25, -0.2) is 0 Å². The number of hydrogen-bond acceptors (Lipinski definition) is 6. The Kier molecular flexibility index (Phi) is 5.32. The van der Waals surface area contributed by atoms with Gasteiger partial charge in [0, 0.05) is 32.0 Å². The zero-order valence-electron chi connectivity index (χ0n) is 16.4. The monoisotopic (exact) mass is 439 g/mol. The second-order valence-corrected chi connectivity index (χ2v) is 7.92. The highest BCUT2D eigenvalue weighted by Gasteiger charge is 2.43. The number of nitriles is 1. The molecule has 13 heteroatoms. The van der Waals surface area contributed by atoms with E-state index in [4.69, 9.17) is 5.26 Å². The maximum absolute atomic E-state index is 12.9. The fourth-order valence-electron chi connectivity index (χ4n) is 4.36. The van der Waals surface area contributed by atoms with Crippen molar-refractivity contribution < 1.29 is 27.6 Å². The van der Waals surface area contributed by atoms with Gasteiger partial charge in [-0.3, -0.25) is 14.4 Å². The second-order valence-electron chi connectivity index (χ2n) is 7.92. The molecule has 10 nitrogen and oxygen atoms in total. The number of likely N-dealkylation sites (tertiary alicyclic amines) is 1. The van der Waals surface area contributed by atoms with Gasteiger partial charge in [0.25, 0.3) is 0 Å². The molecule has 2 saturated heterocycles. The largest absolute Gasteiger partial charge is 0.451 e. The van der Waals surface area contributed by atoms with Crippen molar-refractivity contribution in [1.82, 2.24) is 29.9 Å². The number of carbonyl (C=O) groups is 3. The number of aromatic nitrogens is 3. The van der Waals surface area contributed by atoms with Crippen LogP contribution in [0.2, 0.25) is 0 Å². The summed E-state index contributed by atoms with van der Waals surface area (Å²) in [6.07, 6.45) is -3.32. The molecule has 0 radical (unpaired) electrons. The Morgan fingerprint density at radius 3 is 2.71 bits per heavy atom. The first kappa shape index (κ1) is 21.1. The number of rotatable bonds is 3. The fraction of sp³-hybridized carbons (Fsp3) is 0.667. The van der Waals surface area contributed by atoms with Crippen LogP contribution in [0.15, 0.2) is 0 Å². The average Bonchev–Trinajstić information content (AvgIpc) is 3.44. The minimum Gasteiger partial charge on any atom is -0.344 e. The second kappa shape index (κ2) is 7.82. The summed E-state index contributed by atoms with van der Waals surface area (Å²) in [7, 11) is 0. The molecule has 0 spiro atoms. The summed E-state index contributed by atoms with van der Waals surface area (Å²) in [4.78, 5) is 40.5. The number of alkyl halides is 3. The maximum Gasteiger partial charge on any atom is 0.451 e. The Balaban J connectivity index is 1.36. The first-order valence-electron chi connectivity index (χ1n) is 9.96. The molecule has 3 amide bonds. The highest BCUT2D eigenvalue weighted by Crippen LogP contribution is 2.30. The molecule has 31 heavy (non-hydrogen) atoms. The molecule has 3 aliphatic rings. The molecule has 0 aromatic carbocycles. The summed E-state index contributed by atoms with van der Waals surface area (Å²) in [6.45, 7) is 0.282. The third-order valence-electron chi connectivity index (χ3n) is 5.97. The quantitative estimate of drug-likeness (QED) is 0.710. The van der Waals surface area contributed by atoms with Gasteiger partial charge in [0.2, 0.25) is 23.5 Å². The van der Waals surface area contributed by atoms with Crippen LogP contribution in [0.3, 0.4) is 0 Å². The molecular weight excluding hydrogens is 419 g/mol. The van der Waals surface area contributed by atoms with E-state index in [1.54, 1.807) is 0 Å². The number of carbonyl (C=O) groups excluding carboxylic acids is 3. The van der Waals surface area contributed by atoms with E-state index >= 15 is 0 Å². The molecule has 0 saturated carbocycles. The van der Waals surface area contributed by atoms with E-state index in [0.717, 1.165) is 11.0 Å². The predicted octanol–water partition coefficient (Wildman–Crippen LogP) is 0.0485. The normalized spacial score (nSPS) is 25.9. The fourth-order valence-corrected chi connectivity index (χ4v) is 4.36. The molecule has 166 valence electrons. The number of amides is 3. The SMILES string of the molecule is N#C[C@@H]1CCCN1C(=O)[C@@H]1C[C@@H](CC(=O)N2CCn3c(nnc3C(F)(F)F)C2)C(=O)N1. The lowest BCUT2D eigenvalue weighted by Gasteiger charge is -2.28. The van der Waals surface area contributed by atoms with Gasteiger partial charge in [-0.05, 0) is 19.3 Å². The van der Waals surface area contributed by atoms with Crippen LogP contribution in [0.4, 0.5) is 13.2 Å². The molecular formula is C18H20F3N7O3. The first-order valence-corrected chi connectivity index (χ1v) is 9.96. The van der Waals surface area contributed by atoms with Crippen LogP contribution in [0.1, 0.15) is 37.3 Å². The van der Waals surface area contributed by atoms with Crippen molar-refractivity contribution >= 4 is 17.7 Å². The van der Waals surface area contributed by atoms with E-state index in [1.807, 2.05) is 0 Å². The number of halogens is 3. The lowest BCUT2D eigenvalue weighted by molar-refractivity contribution is -0.148. The van der Waals surface area contributed by atoms with Crippen LogP contribution < -0.4 is 5.32 Å². The van der Waals surface area contributed by atoms with Gasteiger partial charge in [-0.15, -0.1) is 10.2 Å². The molecule has 2 fully saturated rings. The predicted molar refractivity (Wildman–Crippen MR) is 95.4 cm³/mol. The number of hydrogen-bond donors (Lipinski definition) is 1. The van der Waals surface area contributed by atoms with Crippen molar-refractivity contribution in [1.29, 1.82) is 5.26 Å². The Hall–Kier alpha value is -3.17. The van der Waals surface area contributed by atoms with Gasteiger partial charge in [0.1, 0.15) is 12.1 Å². The van der Waals surface area contributed by atoms with Crippen LogP contribution in [0.25, 0.3) is 0 Å². The third kappa shape index (κ3) is 3.94. The summed E-state index contributed by atoms with van der Waals surface area (Å²) >= 11 is 0. The molecule has 3 aliphatic heterocycles. The van der Waals surface area contributed by atoms with E-state index in [-0.39, 0.29) is 44.2 Å². The highest BCUT2D eigenvalue weighted by atomic mass is 19.4. The smallest absolute Gasteiger partial charge is 0.344 e. The minimum absolute atomic E-state index is 0.0347. The van der Waals surface area contributed by atoms with Crippen molar-refractivity contribution in [2.75, 3.05) is 13.1 Å². The molecule has 1 aromatic heterocycles. The Morgan fingerprint density at radius 1 is 1.23 bits per heavy atom. The van der Waals surface area contributed by atoms with Gasteiger partial charge in [0.05, 0.1) is 12.6 Å². The highest BCUT2D eigenvalue weighted by molar-refractivity contribution is 5.94. The summed E-state index contributed by atoms with van der Waals surface area (Å²) in [5.41, 5.74) is 0. The molecule has 1 N–H and O–H groups in total. The Morgan fingerprint density at radius 2 is 2.00 bits per heavy atom. The molecule has 0 unspecified atom stereocenters. The van der Waals surface area contributed by atoms with Gasteiger partial charge < -0.3 is 19.7 Å². The van der Waals surface area contributed by atoms with Crippen molar-refractivity contribution in [3.63, 3.8) is 0 Å². The lowest BCUT2D eigenvalue weighted by Crippen LogP contribution is -2.46. The summed E-state index contributed by atoms with van der Waals surface area (Å²) in [6, 6.07) is 0.801. The molecule has 1 aromatic rings. The van der Waals surface area contributed by atoms with Gasteiger partial charge >= 0.3 is 6.18 Å².